The van der Waals surface area contributed by atoms with E-state index in [9.17, 15) is 22.8 Å². The van der Waals surface area contributed by atoms with Crippen LogP contribution in [0.25, 0.3) is 0 Å². The van der Waals surface area contributed by atoms with Gasteiger partial charge in [0, 0.05) is 26.2 Å². The Morgan fingerprint density at radius 2 is 1.75 bits per heavy atom. The third-order valence-corrected chi connectivity index (χ3v) is 4.64. The second-order valence-electron chi connectivity index (χ2n) is 6.36. The van der Waals surface area contributed by atoms with Crippen LogP contribution in [0.3, 0.4) is 0 Å². The number of methoxy groups -OCH3 is 1. The number of carbonyl (C=O) groups is 2. The van der Waals surface area contributed by atoms with Gasteiger partial charge in [-0.25, -0.2) is 4.79 Å². The van der Waals surface area contributed by atoms with E-state index >= 15 is 0 Å². The number of hydrogen-bond donors (Lipinski definition) is 0. The van der Waals surface area contributed by atoms with Crippen LogP contribution in [0.15, 0.2) is 41.0 Å². The number of furan rings is 1. The van der Waals surface area contributed by atoms with Crippen LogP contribution in [0, 0.1) is 0 Å². The molecular weight excluding hydrogens is 377 g/mol. The fourth-order valence-electron chi connectivity index (χ4n) is 3.15. The van der Waals surface area contributed by atoms with E-state index in [0.29, 0.717) is 31.0 Å². The monoisotopic (exact) mass is 396 g/mol. The van der Waals surface area contributed by atoms with E-state index in [2.05, 4.69) is 0 Å². The van der Waals surface area contributed by atoms with Crippen molar-refractivity contribution in [1.29, 1.82) is 0 Å². The lowest BCUT2D eigenvalue weighted by molar-refractivity contribution is -0.138. The highest BCUT2D eigenvalue weighted by Crippen LogP contribution is 2.32. The Bertz CT molecular complexity index is 855. The molecule has 0 unspecified atom stereocenters. The third-order valence-electron chi connectivity index (χ3n) is 4.64. The summed E-state index contributed by atoms with van der Waals surface area (Å²) in [4.78, 5) is 27.7. The summed E-state index contributed by atoms with van der Waals surface area (Å²) in [5, 5.41) is 0. The lowest BCUT2D eigenvalue weighted by Crippen LogP contribution is -2.48. The molecule has 1 saturated heterocycles. The first-order chi connectivity index (χ1) is 13.3. The van der Waals surface area contributed by atoms with Crippen LogP contribution in [0.5, 0.6) is 0 Å². The molecule has 1 fully saturated rings. The van der Waals surface area contributed by atoms with Crippen molar-refractivity contribution in [3.8, 4) is 0 Å². The molecule has 0 atom stereocenters. The van der Waals surface area contributed by atoms with Gasteiger partial charge in [-0.05, 0) is 18.2 Å². The average Bonchev–Trinajstić information content (AvgIpc) is 3.15. The SMILES string of the molecule is COC(=O)c1ccoc1CN1CCN(C(=O)c2ccccc2C(F)(F)F)CC1. The van der Waals surface area contributed by atoms with E-state index in [1.807, 2.05) is 4.90 Å². The number of ether oxygens (including phenoxy) is 1. The molecule has 2 heterocycles. The van der Waals surface area contributed by atoms with Crippen molar-refractivity contribution in [3.63, 3.8) is 0 Å². The molecule has 28 heavy (non-hydrogen) atoms. The molecule has 9 heteroatoms. The molecule has 150 valence electrons. The van der Waals surface area contributed by atoms with Gasteiger partial charge in [-0.2, -0.15) is 13.2 Å². The molecule has 6 nitrogen and oxygen atoms in total. The van der Waals surface area contributed by atoms with Gasteiger partial charge in [0.1, 0.15) is 11.3 Å². The molecule has 2 aromatic rings. The fourth-order valence-corrected chi connectivity index (χ4v) is 3.15. The summed E-state index contributed by atoms with van der Waals surface area (Å²) in [6.45, 7) is 1.79. The van der Waals surface area contributed by atoms with Gasteiger partial charge in [-0.15, -0.1) is 0 Å². The maximum atomic E-state index is 13.2. The van der Waals surface area contributed by atoms with Crippen molar-refractivity contribution in [1.82, 2.24) is 9.80 Å². The summed E-state index contributed by atoms with van der Waals surface area (Å²) in [6, 6.07) is 6.32. The molecular formula is C19H19F3N2O4. The Kier molecular flexibility index (Phi) is 5.73. The van der Waals surface area contributed by atoms with Crippen LogP contribution in [-0.2, 0) is 17.5 Å². The molecule has 3 rings (SSSR count). The smallest absolute Gasteiger partial charge is 0.417 e. The number of esters is 1. The van der Waals surface area contributed by atoms with E-state index in [4.69, 9.17) is 9.15 Å². The predicted molar refractivity (Wildman–Crippen MR) is 92.7 cm³/mol. The van der Waals surface area contributed by atoms with Crippen molar-refractivity contribution in [2.24, 2.45) is 0 Å². The maximum Gasteiger partial charge on any atom is 0.417 e. The minimum atomic E-state index is -4.59. The van der Waals surface area contributed by atoms with E-state index < -0.39 is 23.6 Å². The Hall–Kier alpha value is -2.81. The normalized spacial score (nSPS) is 15.5. The number of hydrogen-bond acceptors (Lipinski definition) is 5. The summed E-state index contributed by atoms with van der Waals surface area (Å²) in [7, 11) is 1.28. The Morgan fingerprint density at radius 3 is 2.39 bits per heavy atom. The number of amides is 1. The first-order valence-corrected chi connectivity index (χ1v) is 8.64. The molecule has 1 aromatic heterocycles. The molecule has 1 aliphatic heterocycles. The first kappa shape index (κ1) is 19.9. The Labute approximate surface area is 159 Å². The van der Waals surface area contributed by atoms with Gasteiger partial charge >= 0.3 is 12.1 Å². The average molecular weight is 396 g/mol. The topological polar surface area (TPSA) is 63.0 Å². The zero-order valence-electron chi connectivity index (χ0n) is 15.2. The van der Waals surface area contributed by atoms with Crippen molar-refractivity contribution in [3.05, 3.63) is 59.0 Å². The van der Waals surface area contributed by atoms with Crippen molar-refractivity contribution in [2.75, 3.05) is 33.3 Å². The molecule has 0 aliphatic carbocycles. The van der Waals surface area contributed by atoms with Crippen LogP contribution in [0.1, 0.15) is 32.0 Å². The summed E-state index contributed by atoms with van der Waals surface area (Å²) in [5.41, 5.74) is -0.941. The minimum absolute atomic E-state index is 0.277. The van der Waals surface area contributed by atoms with E-state index in [-0.39, 0.29) is 18.7 Å². The second-order valence-corrected chi connectivity index (χ2v) is 6.36. The number of alkyl halides is 3. The standard InChI is InChI=1S/C19H19F3N2O4/c1-27-18(26)14-6-11-28-16(14)12-23-7-9-24(10-8-23)17(25)13-4-2-3-5-15(13)19(20,21)22/h2-6,11H,7-10,12H2,1H3. The molecule has 1 amide bonds. The highest BCUT2D eigenvalue weighted by molar-refractivity contribution is 5.96. The van der Waals surface area contributed by atoms with Gasteiger partial charge in [0.25, 0.3) is 5.91 Å². The lowest BCUT2D eigenvalue weighted by atomic mass is 10.1. The number of nitrogens with zero attached hydrogens (tertiary/aromatic N) is 2. The van der Waals surface area contributed by atoms with Crippen molar-refractivity contribution < 1.29 is 31.9 Å². The predicted octanol–water partition coefficient (Wildman–Crippen LogP) is 3.04. The summed E-state index contributed by atoms with van der Waals surface area (Å²) in [5.74, 6) is -0.684. The van der Waals surface area contributed by atoms with Crippen molar-refractivity contribution in [2.45, 2.75) is 12.7 Å². The van der Waals surface area contributed by atoms with E-state index in [1.165, 1.54) is 42.5 Å². The van der Waals surface area contributed by atoms with Crippen molar-refractivity contribution >= 4 is 11.9 Å². The lowest BCUT2D eigenvalue weighted by Gasteiger charge is -2.34. The molecule has 0 N–H and O–H groups in total. The van der Waals surface area contributed by atoms with Gasteiger partial charge < -0.3 is 14.1 Å². The minimum Gasteiger partial charge on any atom is -0.467 e. The van der Waals surface area contributed by atoms with Crippen LogP contribution in [0.2, 0.25) is 0 Å². The Morgan fingerprint density at radius 1 is 1.07 bits per heavy atom. The zero-order chi connectivity index (χ0) is 20.3. The summed E-state index contributed by atoms with van der Waals surface area (Å²) < 4.78 is 49.5. The van der Waals surface area contributed by atoms with Gasteiger partial charge in [0.2, 0.25) is 0 Å². The Balaban J connectivity index is 1.64. The molecule has 0 spiro atoms. The van der Waals surface area contributed by atoms with Gasteiger partial charge in [-0.3, -0.25) is 9.69 Å². The van der Waals surface area contributed by atoms with Gasteiger partial charge in [0.05, 0.1) is 31.0 Å². The third kappa shape index (κ3) is 4.19. The largest absolute Gasteiger partial charge is 0.467 e. The van der Waals surface area contributed by atoms with Gasteiger partial charge in [-0.1, -0.05) is 12.1 Å². The number of benzene rings is 1. The quantitative estimate of drug-likeness (QED) is 0.744. The van der Waals surface area contributed by atoms with Crippen LogP contribution >= 0.6 is 0 Å². The molecule has 0 radical (unpaired) electrons. The molecule has 0 saturated carbocycles. The van der Waals surface area contributed by atoms with E-state index in [1.54, 1.807) is 0 Å². The van der Waals surface area contributed by atoms with Crippen LogP contribution in [0.4, 0.5) is 13.2 Å². The van der Waals surface area contributed by atoms with Gasteiger partial charge in [0.15, 0.2) is 0 Å². The zero-order valence-corrected chi connectivity index (χ0v) is 15.2. The highest BCUT2D eigenvalue weighted by atomic mass is 19.4. The molecule has 0 bridgehead atoms. The maximum absolute atomic E-state index is 13.2. The molecule has 1 aliphatic rings. The van der Waals surface area contributed by atoms with E-state index in [0.717, 1.165) is 6.07 Å². The number of piperazine rings is 1. The van der Waals surface area contributed by atoms with Crippen LogP contribution in [-0.4, -0.2) is 55.0 Å². The molecule has 1 aromatic carbocycles. The highest BCUT2D eigenvalue weighted by Gasteiger charge is 2.36. The number of rotatable bonds is 4. The summed E-state index contributed by atoms with van der Waals surface area (Å²) in [6.07, 6.45) is -3.19. The fraction of sp³-hybridized carbons (Fsp3) is 0.368. The summed E-state index contributed by atoms with van der Waals surface area (Å²) >= 11 is 0. The van der Waals surface area contributed by atoms with Crippen LogP contribution < -0.4 is 0 Å². The first-order valence-electron chi connectivity index (χ1n) is 8.64. The number of carbonyl (C=O) groups excluding carboxylic acids is 2. The number of halogens is 3. The second kappa shape index (κ2) is 8.05.